The van der Waals surface area contributed by atoms with Crippen molar-refractivity contribution in [3.8, 4) is 0 Å². The van der Waals surface area contributed by atoms with Crippen molar-refractivity contribution in [2.75, 3.05) is 13.1 Å². The second-order valence-corrected chi connectivity index (χ2v) is 6.52. The van der Waals surface area contributed by atoms with Crippen LogP contribution in [-0.2, 0) is 20.2 Å². The standard InChI is InChI=1S/C18H22N4O2/c1-21-17(12-23)19-20-18(21)14-6-4-8-22(10-14)11-15-9-13-5-2-3-7-16(13)24-15/h2-3,5,7,9,14,23H,4,6,8,10-12H2,1H3/t14-/m0/s1. The van der Waals surface area contributed by atoms with Gasteiger partial charge in [-0.3, -0.25) is 4.90 Å². The van der Waals surface area contributed by atoms with Crippen molar-refractivity contribution >= 4 is 11.0 Å². The smallest absolute Gasteiger partial charge is 0.158 e. The van der Waals surface area contributed by atoms with Gasteiger partial charge in [-0.1, -0.05) is 18.2 Å². The molecule has 0 bridgehead atoms. The lowest BCUT2D eigenvalue weighted by Crippen LogP contribution is -2.34. The van der Waals surface area contributed by atoms with E-state index in [1.54, 1.807) is 0 Å². The molecule has 0 aliphatic carbocycles. The number of likely N-dealkylation sites (tertiary alicyclic amines) is 1. The molecule has 4 rings (SSSR count). The van der Waals surface area contributed by atoms with Gasteiger partial charge in [0.2, 0.25) is 0 Å². The Morgan fingerprint density at radius 1 is 1.29 bits per heavy atom. The minimum Gasteiger partial charge on any atom is -0.460 e. The first-order valence-electron chi connectivity index (χ1n) is 8.43. The number of aliphatic hydroxyl groups excluding tert-OH is 1. The number of para-hydroxylation sites is 1. The second kappa shape index (κ2) is 6.37. The van der Waals surface area contributed by atoms with Crippen molar-refractivity contribution in [3.63, 3.8) is 0 Å². The summed E-state index contributed by atoms with van der Waals surface area (Å²) in [6.45, 7) is 2.75. The summed E-state index contributed by atoms with van der Waals surface area (Å²) in [4.78, 5) is 2.42. The van der Waals surface area contributed by atoms with E-state index >= 15 is 0 Å². The number of hydrogen-bond acceptors (Lipinski definition) is 5. The van der Waals surface area contributed by atoms with E-state index < -0.39 is 0 Å². The quantitative estimate of drug-likeness (QED) is 0.797. The van der Waals surface area contributed by atoms with Crippen molar-refractivity contribution < 1.29 is 9.52 Å². The molecule has 24 heavy (non-hydrogen) atoms. The van der Waals surface area contributed by atoms with E-state index in [0.29, 0.717) is 11.7 Å². The van der Waals surface area contributed by atoms with E-state index in [1.165, 1.54) is 0 Å². The highest BCUT2D eigenvalue weighted by Gasteiger charge is 2.26. The van der Waals surface area contributed by atoms with Crippen LogP contribution in [0.25, 0.3) is 11.0 Å². The molecule has 1 atom stereocenters. The molecule has 1 aromatic carbocycles. The number of aromatic nitrogens is 3. The Morgan fingerprint density at radius 2 is 2.17 bits per heavy atom. The number of hydrogen-bond donors (Lipinski definition) is 1. The van der Waals surface area contributed by atoms with E-state index in [1.807, 2.05) is 29.8 Å². The van der Waals surface area contributed by atoms with Crippen LogP contribution in [0.1, 0.15) is 36.2 Å². The minimum atomic E-state index is -0.0705. The molecule has 1 aliphatic rings. The molecule has 1 saturated heterocycles. The monoisotopic (exact) mass is 326 g/mol. The van der Waals surface area contributed by atoms with Crippen molar-refractivity contribution in [2.45, 2.75) is 31.9 Å². The van der Waals surface area contributed by atoms with Gasteiger partial charge in [0, 0.05) is 24.9 Å². The van der Waals surface area contributed by atoms with Gasteiger partial charge in [-0.05, 0) is 31.5 Å². The zero-order valence-electron chi connectivity index (χ0n) is 13.9. The lowest BCUT2D eigenvalue weighted by molar-refractivity contribution is 0.183. The average molecular weight is 326 g/mol. The normalized spacial score (nSPS) is 19.2. The Morgan fingerprint density at radius 3 is 2.96 bits per heavy atom. The number of nitrogens with zero attached hydrogens (tertiary/aromatic N) is 4. The van der Waals surface area contributed by atoms with Gasteiger partial charge < -0.3 is 14.1 Å². The van der Waals surface area contributed by atoms with Gasteiger partial charge in [0.05, 0.1) is 6.54 Å². The van der Waals surface area contributed by atoms with Crippen LogP contribution in [-0.4, -0.2) is 37.9 Å². The average Bonchev–Trinajstić information content (AvgIpc) is 3.17. The number of aliphatic hydroxyl groups is 1. The van der Waals surface area contributed by atoms with Crippen molar-refractivity contribution in [3.05, 3.63) is 47.7 Å². The minimum absolute atomic E-state index is 0.0705. The predicted octanol–water partition coefficient (Wildman–Crippen LogP) is 2.43. The fraction of sp³-hybridized carbons (Fsp3) is 0.444. The number of benzene rings is 1. The number of piperidine rings is 1. The first-order valence-corrected chi connectivity index (χ1v) is 8.43. The van der Waals surface area contributed by atoms with Crippen LogP contribution in [0.5, 0.6) is 0 Å². The van der Waals surface area contributed by atoms with Crippen LogP contribution in [0.2, 0.25) is 0 Å². The molecule has 0 unspecified atom stereocenters. The van der Waals surface area contributed by atoms with Crippen molar-refractivity contribution in [2.24, 2.45) is 7.05 Å². The Bertz CT molecular complexity index is 806. The van der Waals surface area contributed by atoms with Gasteiger partial charge >= 0.3 is 0 Å². The molecule has 0 radical (unpaired) electrons. The van der Waals surface area contributed by atoms with Crippen LogP contribution in [0.4, 0.5) is 0 Å². The number of furan rings is 1. The molecular weight excluding hydrogens is 304 g/mol. The molecule has 6 nitrogen and oxygen atoms in total. The van der Waals surface area contributed by atoms with Crippen molar-refractivity contribution in [1.29, 1.82) is 0 Å². The fourth-order valence-corrected chi connectivity index (χ4v) is 3.61. The van der Waals surface area contributed by atoms with Crippen LogP contribution in [0, 0.1) is 0 Å². The van der Waals surface area contributed by atoms with Gasteiger partial charge in [0.1, 0.15) is 23.8 Å². The molecule has 126 valence electrons. The third kappa shape index (κ3) is 2.83. The SMILES string of the molecule is Cn1c(CO)nnc1[C@H]1CCCN(Cc2cc3ccccc3o2)C1. The number of rotatable bonds is 4. The van der Waals surface area contributed by atoms with Crippen molar-refractivity contribution in [1.82, 2.24) is 19.7 Å². The Balaban J connectivity index is 1.49. The van der Waals surface area contributed by atoms with Crippen LogP contribution < -0.4 is 0 Å². The molecular formula is C18H22N4O2. The molecule has 3 heterocycles. The topological polar surface area (TPSA) is 67.3 Å². The molecule has 3 aromatic rings. The molecule has 1 aliphatic heterocycles. The zero-order valence-corrected chi connectivity index (χ0v) is 13.9. The summed E-state index contributed by atoms with van der Waals surface area (Å²) in [7, 11) is 1.93. The summed E-state index contributed by atoms with van der Waals surface area (Å²) in [6.07, 6.45) is 2.24. The summed E-state index contributed by atoms with van der Waals surface area (Å²) in [6, 6.07) is 10.3. The lowest BCUT2D eigenvalue weighted by Gasteiger charge is -2.31. The molecule has 0 saturated carbocycles. The molecule has 2 aromatic heterocycles. The summed E-state index contributed by atoms with van der Waals surface area (Å²) >= 11 is 0. The van der Waals surface area contributed by atoms with Crippen LogP contribution >= 0.6 is 0 Å². The third-order valence-corrected chi connectivity index (χ3v) is 4.87. The highest BCUT2D eigenvalue weighted by atomic mass is 16.3. The zero-order chi connectivity index (χ0) is 16.5. The maximum atomic E-state index is 9.30. The van der Waals surface area contributed by atoms with Crippen LogP contribution in [0.3, 0.4) is 0 Å². The lowest BCUT2D eigenvalue weighted by atomic mass is 9.97. The summed E-state index contributed by atoms with van der Waals surface area (Å²) in [5.74, 6) is 2.94. The first kappa shape index (κ1) is 15.4. The van der Waals surface area contributed by atoms with Gasteiger partial charge in [-0.25, -0.2) is 0 Å². The highest BCUT2D eigenvalue weighted by molar-refractivity contribution is 5.77. The first-order chi connectivity index (χ1) is 11.7. The Labute approximate surface area is 140 Å². The molecule has 1 fully saturated rings. The summed E-state index contributed by atoms with van der Waals surface area (Å²) in [5, 5.41) is 18.8. The highest BCUT2D eigenvalue weighted by Crippen LogP contribution is 2.28. The molecule has 0 spiro atoms. The third-order valence-electron chi connectivity index (χ3n) is 4.87. The van der Waals surface area contributed by atoms with E-state index in [9.17, 15) is 5.11 Å². The maximum Gasteiger partial charge on any atom is 0.158 e. The number of fused-ring (bicyclic) bond motifs is 1. The Kier molecular flexibility index (Phi) is 4.08. The fourth-order valence-electron chi connectivity index (χ4n) is 3.61. The van der Waals surface area contributed by atoms with Gasteiger partial charge in [-0.15, -0.1) is 10.2 Å². The molecule has 1 N–H and O–H groups in total. The van der Waals surface area contributed by atoms with E-state index in [4.69, 9.17) is 4.42 Å². The van der Waals surface area contributed by atoms with E-state index in [-0.39, 0.29) is 6.61 Å². The Hall–Kier alpha value is -2.18. The summed E-state index contributed by atoms with van der Waals surface area (Å²) < 4.78 is 7.88. The van der Waals surface area contributed by atoms with Gasteiger partial charge in [0.25, 0.3) is 0 Å². The maximum absolute atomic E-state index is 9.30. The summed E-state index contributed by atoms with van der Waals surface area (Å²) in [5.41, 5.74) is 0.946. The largest absolute Gasteiger partial charge is 0.460 e. The molecule has 0 amide bonds. The van der Waals surface area contributed by atoms with E-state index in [0.717, 1.165) is 55.0 Å². The predicted molar refractivity (Wildman–Crippen MR) is 90.4 cm³/mol. The molecule has 6 heteroatoms. The van der Waals surface area contributed by atoms with E-state index in [2.05, 4.69) is 27.2 Å². The van der Waals surface area contributed by atoms with Gasteiger partial charge in [-0.2, -0.15) is 0 Å². The van der Waals surface area contributed by atoms with Gasteiger partial charge in [0.15, 0.2) is 5.82 Å². The van der Waals surface area contributed by atoms with Crippen LogP contribution in [0.15, 0.2) is 34.7 Å². The second-order valence-electron chi connectivity index (χ2n) is 6.52.